The number of rotatable bonds is 4. The molecule has 0 saturated carbocycles. The molecular formula is C21H16N4O3. The Labute approximate surface area is 160 Å². The lowest BCUT2D eigenvalue weighted by Crippen LogP contribution is -2.11. The van der Waals surface area contributed by atoms with E-state index in [1.807, 2.05) is 48.0 Å². The second-order valence-electron chi connectivity index (χ2n) is 6.38. The number of non-ortho nitro benzene ring substituents is 1. The van der Waals surface area contributed by atoms with E-state index in [-0.39, 0.29) is 11.6 Å². The lowest BCUT2D eigenvalue weighted by Gasteiger charge is -2.06. The maximum atomic E-state index is 12.3. The summed E-state index contributed by atoms with van der Waals surface area (Å²) in [6, 6.07) is 16.9. The third-order valence-corrected chi connectivity index (χ3v) is 4.46. The highest BCUT2D eigenvalue weighted by Gasteiger charge is 2.10. The molecule has 0 saturated heterocycles. The number of fused-ring (bicyclic) bond motifs is 1. The molecule has 4 aromatic rings. The molecule has 0 aliphatic rings. The van der Waals surface area contributed by atoms with Crippen LogP contribution in [0, 0.1) is 17.0 Å². The second kappa shape index (κ2) is 6.96. The minimum Gasteiger partial charge on any atom is -0.322 e. The topological polar surface area (TPSA) is 89.5 Å². The van der Waals surface area contributed by atoms with Crippen LogP contribution in [-0.2, 0) is 0 Å². The number of nitrogens with one attached hydrogen (secondary N) is 1. The van der Waals surface area contributed by atoms with Crippen LogP contribution in [0.25, 0.3) is 16.9 Å². The summed E-state index contributed by atoms with van der Waals surface area (Å²) in [4.78, 5) is 27.2. The van der Waals surface area contributed by atoms with Gasteiger partial charge in [0, 0.05) is 41.3 Å². The Morgan fingerprint density at radius 2 is 1.79 bits per heavy atom. The van der Waals surface area contributed by atoms with Crippen LogP contribution in [0.5, 0.6) is 0 Å². The van der Waals surface area contributed by atoms with E-state index in [9.17, 15) is 14.9 Å². The summed E-state index contributed by atoms with van der Waals surface area (Å²) in [7, 11) is 0. The predicted molar refractivity (Wildman–Crippen MR) is 106 cm³/mol. The van der Waals surface area contributed by atoms with Crippen LogP contribution in [0.1, 0.15) is 15.9 Å². The van der Waals surface area contributed by atoms with Crippen LogP contribution in [0.3, 0.4) is 0 Å². The number of nitro benzene ring substituents is 1. The van der Waals surface area contributed by atoms with Crippen molar-refractivity contribution in [2.24, 2.45) is 0 Å². The maximum absolute atomic E-state index is 12.3. The number of hydrogen-bond acceptors (Lipinski definition) is 4. The zero-order chi connectivity index (χ0) is 19.7. The molecule has 0 atom stereocenters. The molecule has 0 aliphatic heterocycles. The molecule has 1 N–H and O–H groups in total. The third-order valence-electron chi connectivity index (χ3n) is 4.46. The maximum Gasteiger partial charge on any atom is 0.269 e. The summed E-state index contributed by atoms with van der Waals surface area (Å²) >= 11 is 0. The molecule has 7 heteroatoms. The number of carbonyl (C=O) groups excluding carboxylic acids is 1. The molecule has 2 aromatic carbocycles. The lowest BCUT2D eigenvalue weighted by molar-refractivity contribution is -0.384. The summed E-state index contributed by atoms with van der Waals surface area (Å²) in [6.07, 6.45) is 3.92. The first-order valence-electron chi connectivity index (χ1n) is 8.62. The largest absolute Gasteiger partial charge is 0.322 e. The monoisotopic (exact) mass is 372 g/mol. The summed E-state index contributed by atoms with van der Waals surface area (Å²) in [5, 5.41) is 13.5. The van der Waals surface area contributed by atoms with E-state index in [2.05, 4.69) is 10.3 Å². The van der Waals surface area contributed by atoms with Gasteiger partial charge in [-0.1, -0.05) is 18.2 Å². The quantitative estimate of drug-likeness (QED) is 0.423. The number of aromatic nitrogens is 2. The number of hydrogen-bond donors (Lipinski definition) is 1. The number of nitro groups is 1. The van der Waals surface area contributed by atoms with Crippen LogP contribution in [0.2, 0.25) is 0 Å². The van der Waals surface area contributed by atoms with Gasteiger partial charge in [-0.2, -0.15) is 0 Å². The zero-order valence-electron chi connectivity index (χ0n) is 15.0. The van der Waals surface area contributed by atoms with Gasteiger partial charge in [-0.05, 0) is 42.8 Å². The fraction of sp³-hybridized carbons (Fsp3) is 0.0476. The number of nitrogens with zero attached hydrogens (tertiary/aromatic N) is 3. The Kier molecular flexibility index (Phi) is 4.33. The van der Waals surface area contributed by atoms with Gasteiger partial charge in [-0.3, -0.25) is 14.9 Å². The van der Waals surface area contributed by atoms with Crippen LogP contribution in [0.15, 0.2) is 73.1 Å². The van der Waals surface area contributed by atoms with E-state index >= 15 is 0 Å². The van der Waals surface area contributed by atoms with Crippen molar-refractivity contribution < 1.29 is 9.72 Å². The number of benzene rings is 2. The lowest BCUT2D eigenvalue weighted by atomic mass is 10.1. The van der Waals surface area contributed by atoms with E-state index < -0.39 is 4.92 Å². The SMILES string of the molecule is Cc1cccn2cc(-c3ccc(NC(=O)c4ccc([N+](=O)[O-])cc4)cc3)nc12. The molecule has 0 spiro atoms. The number of pyridine rings is 1. The highest BCUT2D eigenvalue weighted by atomic mass is 16.6. The number of imidazole rings is 1. The summed E-state index contributed by atoms with van der Waals surface area (Å²) < 4.78 is 1.98. The van der Waals surface area contributed by atoms with E-state index in [0.717, 1.165) is 22.5 Å². The van der Waals surface area contributed by atoms with Gasteiger partial charge in [-0.15, -0.1) is 0 Å². The molecule has 1 amide bonds. The molecule has 138 valence electrons. The van der Waals surface area contributed by atoms with Crippen molar-refractivity contribution in [1.82, 2.24) is 9.38 Å². The molecule has 28 heavy (non-hydrogen) atoms. The van der Waals surface area contributed by atoms with E-state index in [4.69, 9.17) is 0 Å². The van der Waals surface area contributed by atoms with Crippen molar-refractivity contribution in [2.45, 2.75) is 6.92 Å². The van der Waals surface area contributed by atoms with Crippen molar-refractivity contribution >= 4 is 22.9 Å². The van der Waals surface area contributed by atoms with Crippen molar-refractivity contribution in [3.63, 3.8) is 0 Å². The predicted octanol–water partition coefficient (Wildman–Crippen LogP) is 4.47. The summed E-state index contributed by atoms with van der Waals surface area (Å²) in [5.41, 5.74) is 4.73. The third kappa shape index (κ3) is 3.33. The zero-order valence-corrected chi connectivity index (χ0v) is 15.0. The van der Waals surface area contributed by atoms with Crippen molar-refractivity contribution in [2.75, 3.05) is 5.32 Å². The normalized spacial score (nSPS) is 10.8. The molecule has 0 aliphatic carbocycles. The van der Waals surface area contributed by atoms with Gasteiger partial charge >= 0.3 is 0 Å². The van der Waals surface area contributed by atoms with Crippen LogP contribution in [0.4, 0.5) is 11.4 Å². The first-order valence-corrected chi connectivity index (χ1v) is 8.62. The van der Waals surface area contributed by atoms with Crippen molar-refractivity contribution in [3.8, 4) is 11.3 Å². The van der Waals surface area contributed by atoms with Crippen molar-refractivity contribution in [1.29, 1.82) is 0 Å². The highest BCUT2D eigenvalue weighted by molar-refractivity contribution is 6.04. The molecule has 7 nitrogen and oxygen atoms in total. The standard InChI is InChI=1S/C21H16N4O3/c1-14-3-2-12-24-13-19(23-20(14)24)15-4-8-17(9-5-15)22-21(26)16-6-10-18(11-7-16)25(27)28/h2-13H,1H3,(H,22,26). The van der Waals surface area contributed by atoms with Crippen molar-refractivity contribution in [3.05, 3.63) is 94.3 Å². The Balaban J connectivity index is 1.51. The first-order chi connectivity index (χ1) is 13.5. The Morgan fingerprint density at radius 3 is 2.43 bits per heavy atom. The highest BCUT2D eigenvalue weighted by Crippen LogP contribution is 2.23. The number of carbonyl (C=O) groups is 1. The van der Waals surface area contributed by atoms with Gasteiger partial charge in [0.15, 0.2) is 0 Å². The van der Waals surface area contributed by atoms with E-state index in [1.54, 1.807) is 12.1 Å². The average molecular weight is 372 g/mol. The smallest absolute Gasteiger partial charge is 0.269 e. The summed E-state index contributed by atoms with van der Waals surface area (Å²) in [5.74, 6) is -0.328. The van der Waals surface area contributed by atoms with Crippen LogP contribution < -0.4 is 5.32 Å². The fourth-order valence-electron chi connectivity index (χ4n) is 2.95. The molecule has 0 bridgehead atoms. The van der Waals surface area contributed by atoms with Crippen LogP contribution in [-0.4, -0.2) is 20.2 Å². The minimum atomic E-state index is -0.499. The Bertz CT molecular complexity index is 1180. The van der Waals surface area contributed by atoms with Gasteiger partial charge < -0.3 is 9.72 Å². The molecule has 2 heterocycles. The average Bonchev–Trinajstić information content (AvgIpc) is 3.14. The number of amides is 1. The number of anilines is 1. The van der Waals surface area contributed by atoms with E-state index in [1.165, 1.54) is 24.3 Å². The van der Waals surface area contributed by atoms with Gasteiger partial charge in [0.2, 0.25) is 0 Å². The van der Waals surface area contributed by atoms with Crippen LogP contribution >= 0.6 is 0 Å². The first kappa shape index (κ1) is 17.4. The second-order valence-corrected chi connectivity index (χ2v) is 6.38. The Morgan fingerprint density at radius 1 is 1.07 bits per heavy atom. The Hall–Kier alpha value is -4.00. The molecule has 0 radical (unpaired) electrons. The summed E-state index contributed by atoms with van der Waals surface area (Å²) in [6.45, 7) is 2.02. The molecule has 4 rings (SSSR count). The molecule has 2 aromatic heterocycles. The van der Waals surface area contributed by atoms with E-state index in [0.29, 0.717) is 11.3 Å². The molecule has 0 unspecified atom stereocenters. The van der Waals surface area contributed by atoms with Gasteiger partial charge in [-0.25, -0.2) is 4.98 Å². The fourth-order valence-corrected chi connectivity index (χ4v) is 2.95. The van der Waals surface area contributed by atoms with Gasteiger partial charge in [0.1, 0.15) is 5.65 Å². The van der Waals surface area contributed by atoms with Gasteiger partial charge in [0.25, 0.3) is 11.6 Å². The minimum absolute atomic E-state index is 0.0522. The molecule has 0 fully saturated rings. The molecular weight excluding hydrogens is 356 g/mol. The number of aryl methyl sites for hydroxylation is 1. The van der Waals surface area contributed by atoms with Gasteiger partial charge in [0.05, 0.1) is 10.6 Å².